The van der Waals surface area contributed by atoms with Gasteiger partial charge >= 0.3 is 0 Å². The molecule has 0 bridgehead atoms. The number of nitrogens with one attached hydrogen (secondary N) is 1. The lowest BCUT2D eigenvalue weighted by Gasteiger charge is -2.31. The predicted octanol–water partition coefficient (Wildman–Crippen LogP) is 3.40. The third kappa shape index (κ3) is 4.83. The van der Waals surface area contributed by atoms with Gasteiger partial charge in [0.1, 0.15) is 11.5 Å². The van der Waals surface area contributed by atoms with Crippen LogP contribution in [0.1, 0.15) is 12.8 Å². The van der Waals surface area contributed by atoms with Crippen LogP contribution < -0.4 is 14.8 Å². The second kappa shape index (κ2) is 9.02. The van der Waals surface area contributed by atoms with Gasteiger partial charge < -0.3 is 14.8 Å². The van der Waals surface area contributed by atoms with Crippen LogP contribution in [0.4, 0.5) is 5.69 Å². The molecular formula is C20H23ClN2O5S. The van der Waals surface area contributed by atoms with Crippen molar-refractivity contribution in [3.8, 4) is 11.5 Å². The monoisotopic (exact) mass is 438 g/mol. The molecule has 0 saturated carbocycles. The average Bonchev–Trinajstić information content (AvgIpc) is 2.73. The van der Waals surface area contributed by atoms with Crippen LogP contribution in [0.25, 0.3) is 0 Å². The maximum Gasteiger partial charge on any atom is 0.243 e. The van der Waals surface area contributed by atoms with E-state index in [1.807, 2.05) is 0 Å². The molecule has 0 aliphatic carbocycles. The second-order valence-electron chi connectivity index (χ2n) is 6.72. The molecular weight excluding hydrogens is 416 g/mol. The first-order valence-electron chi connectivity index (χ1n) is 9.13. The molecule has 1 heterocycles. The summed E-state index contributed by atoms with van der Waals surface area (Å²) in [5.41, 5.74) is 0.608. The molecule has 1 amide bonds. The van der Waals surface area contributed by atoms with Gasteiger partial charge in [0.15, 0.2) is 0 Å². The maximum atomic E-state index is 13.0. The highest BCUT2D eigenvalue weighted by molar-refractivity contribution is 7.89. The summed E-state index contributed by atoms with van der Waals surface area (Å²) >= 11 is 6.09. The topological polar surface area (TPSA) is 84.9 Å². The molecule has 1 aliphatic heterocycles. The number of carbonyl (C=O) groups excluding carboxylic acids is 1. The van der Waals surface area contributed by atoms with Crippen molar-refractivity contribution in [2.45, 2.75) is 17.7 Å². The number of sulfonamides is 1. The molecule has 156 valence electrons. The lowest BCUT2D eigenvalue weighted by molar-refractivity contribution is -0.120. The molecule has 1 saturated heterocycles. The second-order valence-corrected chi connectivity index (χ2v) is 9.06. The zero-order valence-electron chi connectivity index (χ0n) is 16.2. The van der Waals surface area contributed by atoms with Crippen molar-refractivity contribution in [3.05, 3.63) is 47.5 Å². The van der Waals surface area contributed by atoms with E-state index in [2.05, 4.69) is 5.32 Å². The Hall–Kier alpha value is -2.29. The zero-order chi connectivity index (χ0) is 21.0. The van der Waals surface area contributed by atoms with Crippen molar-refractivity contribution in [2.24, 2.45) is 5.92 Å². The fourth-order valence-electron chi connectivity index (χ4n) is 3.28. The minimum atomic E-state index is -3.77. The molecule has 0 unspecified atom stereocenters. The Morgan fingerprint density at radius 2 is 1.97 bits per heavy atom. The summed E-state index contributed by atoms with van der Waals surface area (Å²) in [4.78, 5) is 12.8. The van der Waals surface area contributed by atoms with E-state index in [1.165, 1.54) is 29.6 Å². The molecule has 9 heteroatoms. The van der Waals surface area contributed by atoms with E-state index >= 15 is 0 Å². The molecule has 0 aromatic heterocycles. The summed E-state index contributed by atoms with van der Waals surface area (Å²) in [7, 11) is -0.750. The normalized spacial score (nSPS) is 17.6. The van der Waals surface area contributed by atoms with Crippen LogP contribution in [-0.2, 0) is 14.8 Å². The van der Waals surface area contributed by atoms with Gasteiger partial charge in [0.05, 0.1) is 30.1 Å². The average molecular weight is 439 g/mol. The molecule has 1 aliphatic rings. The fraction of sp³-hybridized carbons (Fsp3) is 0.350. The Balaban J connectivity index is 1.73. The lowest BCUT2D eigenvalue weighted by Crippen LogP contribution is -2.43. The standard InChI is InChI=1S/C20H23ClN2O5S/c1-27-16-7-3-6-15(11-16)22-20(24)14-5-4-10-23(13-14)29(25,26)17-8-9-19(28-2)18(21)12-17/h3,6-9,11-12,14H,4-5,10,13H2,1-2H3,(H,22,24)/t14-/m1/s1. The Kier molecular flexibility index (Phi) is 6.66. The van der Waals surface area contributed by atoms with Gasteiger partial charge in [0.25, 0.3) is 0 Å². The van der Waals surface area contributed by atoms with E-state index in [4.69, 9.17) is 21.1 Å². The van der Waals surface area contributed by atoms with Crippen molar-refractivity contribution in [3.63, 3.8) is 0 Å². The molecule has 1 fully saturated rings. The number of amides is 1. The Bertz CT molecular complexity index is 996. The third-order valence-electron chi connectivity index (χ3n) is 4.85. The number of piperidine rings is 1. The first kappa shape index (κ1) is 21.4. The highest BCUT2D eigenvalue weighted by Gasteiger charge is 2.33. The van der Waals surface area contributed by atoms with Gasteiger partial charge in [0.2, 0.25) is 15.9 Å². The van der Waals surface area contributed by atoms with Crippen molar-refractivity contribution < 1.29 is 22.7 Å². The van der Waals surface area contributed by atoms with E-state index < -0.39 is 15.9 Å². The summed E-state index contributed by atoms with van der Waals surface area (Å²) in [6.45, 7) is 0.469. The molecule has 1 atom stereocenters. The quantitative estimate of drug-likeness (QED) is 0.747. The van der Waals surface area contributed by atoms with Gasteiger partial charge in [0, 0.05) is 24.8 Å². The van der Waals surface area contributed by atoms with Crippen LogP contribution in [0.5, 0.6) is 11.5 Å². The van der Waals surface area contributed by atoms with Gasteiger partial charge in [-0.15, -0.1) is 0 Å². The molecule has 2 aromatic rings. The smallest absolute Gasteiger partial charge is 0.243 e. The molecule has 1 N–H and O–H groups in total. The number of rotatable bonds is 6. The van der Waals surface area contributed by atoms with Crippen LogP contribution in [-0.4, -0.2) is 45.9 Å². The van der Waals surface area contributed by atoms with E-state index in [-0.39, 0.29) is 22.4 Å². The first-order valence-corrected chi connectivity index (χ1v) is 11.0. The first-order chi connectivity index (χ1) is 13.8. The maximum absolute atomic E-state index is 13.0. The minimum absolute atomic E-state index is 0.0807. The van der Waals surface area contributed by atoms with Gasteiger partial charge in [-0.3, -0.25) is 4.79 Å². The summed E-state index contributed by atoms with van der Waals surface area (Å²) < 4.78 is 37.6. The third-order valence-corrected chi connectivity index (χ3v) is 7.01. The SMILES string of the molecule is COc1cccc(NC(=O)[C@@H]2CCCN(S(=O)(=O)c3ccc(OC)c(Cl)c3)C2)c1. The Morgan fingerprint density at radius 1 is 1.17 bits per heavy atom. The molecule has 29 heavy (non-hydrogen) atoms. The van der Waals surface area contributed by atoms with Crippen molar-refractivity contribution in [2.75, 3.05) is 32.6 Å². The highest BCUT2D eigenvalue weighted by Crippen LogP contribution is 2.30. The summed E-state index contributed by atoms with van der Waals surface area (Å²) in [6, 6.07) is 11.4. The molecule has 0 spiro atoms. The number of ether oxygens (including phenoxy) is 2. The van der Waals surface area contributed by atoms with Crippen LogP contribution >= 0.6 is 11.6 Å². The van der Waals surface area contributed by atoms with E-state index in [0.29, 0.717) is 36.6 Å². The molecule has 2 aromatic carbocycles. The number of benzene rings is 2. The zero-order valence-corrected chi connectivity index (χ0v) is 17.8. The van der Waals surface area contributed by atoms with E-state index in [1.54, 1.807) is 31.4 Å². The van der Waals surface area contributed by atoms with Crippen molar-refractivity contribution in [1.82, 2.24) is 4.31 Å². The van der Waals surface area contributed by atoms with Gasteiger partial charge in [-0.2, -0.15) is 4.31 Å². The number of anilines is 1. The lowest BCUT2D eigenvalue weighted by atomic mass is 9.98. The fourth-order valence-corrected chi connectivity index (χ4v) is 5.15. The van der Waals surface area contributed by atoms with Crippen LogP contribution in [0.3, 0.4) is 0 Å². The van der Waals surface area contributed by atoms with Gasteiger partial charge in [-0.25, -0.2) is 8.42 Å². The Labute approximate surface area is 175 Å². The van der Waals surface area contributed by atoms with Crippen LogP contribution in [0.15, 0.2) is 47.4 Å². The molecule has 3 rings (SSSR count). The summed E-state index contributed by atoms with van der Waals surface area (Å²) in [5.74, 6) is 0.371. The number of nitrogens with zero attached hydrogens (tertiary/aromatic N) is 1. The van der Waals surface area contributed by atoms with Crippen molar-refractivity contribution >= 4 is 33.2 Å². The Morgan fingerprint density at radius 3 is 2.66 bits per heavy atom. The van der Waals surface area contributed by atoms with E-state index in [0.717, 1.165) is 0 Å². The number of halogens is 1. The number of methoxy groups -OCH3 is 2. The van der Waals surface area contributed by atoms with E-state index in [9.17, 15) is 13.2 Å². The van der Waals surface area contributed by atoms with Crippen LogP contribution in [0, 0.1) is 5.92 Å². The molecule has 7 nitrogen and oxygen atoms in total. The number of hydrogen-bond donors (Lipinski definition) is 1. The van der Waals surface area contributed by atoms with Crippen molar-refractivity contribution in [1.29, 1.82) is 0 Å². The molecule has 0 radical (unpaired) electrons. The number of carbonyl (C=O) groups is 1. The largest absolute Gasteiger partial charge is 0.497 e. The van der Waals surface area contributed by atoms with Gasteiger partial charge in [-0.1, -0.05) is 17.7 Å². The van der Waals surface area contributed by atoms with Crippen LogP contribution in [0.2, 0.25) is 5.02 Å². The summed E-state index contributed by atoms with van der Waals surface area (Å²) in [6.07, 6.45) is 1.21. The predicted molar refractivity (Wildman–Crippen MR) is 111 cm³/mol. The number of hydrogen-bond acceptors (Lipinski definition) is 5. The van der Waals surface area contributed by atoms with Gasteiger partial charge in [-0.05, 0) is 43.2 Å². The summed E-state index contributed by atoms with van der Waals surface area (Å²) in [5, 5.41) is 3.06. The highest BCUT2D eigenvalue weighted by atomic mass is 35.5. The minimum Gasteiger partial charge on any atom is -0.497 e.